The smallest absolute Gasteiger partial charge is 0.255 e. The topological polar surface area (TPSA) is 121 Å². The monoisotopic (exact) mass is 567 g/mol. The van der Waals surface area contributed by atoms with Crippen LogP contribution in [0.15, 0.2) is 67.0 Å². The Balaban J connectivity index is 1.62. The van der Waals surface area contributed by atoms with Gasteiger partial charge in [0.1, 0.15) is 5.82 Å². The minimum atomic E-state index is -3.53. The Hall–Kier alpha value is -3.34. The number of halogens is 1. The number of nitrogens with zero attached hydrogens (tertiary/aromatic N) is 3. The second-order valence-electron chi connectivity index (χ2n) is 10.0. The third-order valence-corrected chi connectivity index (χ3v) is 8.35. The quantitative estimate of drug-likeness (QED) is 0.450. The molecule has 1 aliphatic heterocycles. The van der Waals surface area contributed by atoms with Gasteiger partial charge in [-0.3, -0.25) is 9.59 Å². The highest BCUT2D eigenvalue weighted by atomic mass is 35.5. The fourth-order valence-electron chi connectivity index (χ4n) is 5.77. The summed E-state index contributed by atoms with van der Waals surface area (Å²) in [6.07, 6.45) is 7.24. The number of carbonyl (C=O) groups is 2. The highest BCUT2D eigenvalue weighted by molar-refractivity contribution is 7.88. The number of hydrogen-bond acceptors (Lipinski definition) is 6. The summed E-state index contributed by atoms with van der Waals surface area (Å²) in [5.74, 6) is -0.802. The molecule has 0 saturated heterocycles. The third kappa shape index (κ3) is 5.98. The molecule has 1 aliphatic carbocycles. The average molecular weight is 568 g/mol. The molecule has 11 heteroatoms. The first-order chi connectivity index (χ1) is 18.7. The fraction of sp³-hybridized carbons (Fsp3) is 0.357. The molecule has 9 nitrogen and oxygen atoms in total. The average Bonchev–Trinajstić information content (AvgIpc) is 2.92. The van der Waals surface area contributed by atoms with Crippen molar-refractivity contribution in [1.82, 2.24) is 24.9 Å². The summed E-state index contributed by atoms with van der Waals surface area (Å²) in [4.78, 5) is 38.3. The number of fused-ring (bicyclic) bond motifs is 1. The number of aromatic nitrogens is 2. The van der Waals surface area contributed by atoms with Crippen molar-refractivity contribution in [1.29, 1.82) is 0 Å². The van der Waals surface area contributed by atoms with Gasteiger partial charge in [-0.05, 0) is 48.2 Å². The summed E-state index contributed by atoms with van der Waals surface area (Å²) in [6.45, 7) is 0.126. The Morgan fingerprint density at radius 1 is 1.03 bits per heavy atom. The molecule has 2 aromatic carbocycles. The van der Waals surface area contributed by atoms with Gasteiger partial charge in [0.2, 0.25) is 15.9 Å². The van der Waals surface area contributed by atoms with Gasteiger partial charge in [-0.2, -0.15) is 0 Å². The summed E-state index contributed by atoms with van der Waals surface area (Å²) < 4.78 is 27.3. The first-order valence-electron chi connectivity index (χ1n) is 12.9. The lowest BCUT2D eigenvalue weighted by Crippen LogP contribution is -2.59. The van der Waals surface area contributed by atoms with E-state index < -0.39 is 34.1 Å². The molecular weight excluding hydrogens is 538 g/mol. The second kappa shape index (κ2) is 11.4. The van der Waals surface area contributed by atoms with Crippen molar-refractivity contribution in [3.63, 3.8) is 0 Å². The van der Waals surface area contributed by atoms with E-state index >= 15 is 0 Å². The molecule has 204 valence electrons. The highest BCUT2D eigenvalue weighted by Crippen LogP contribution is 2.46. The summed E-state index contributed by atoms with van der Waals surface area (Å²) >= 11 is 6.21. The standard InChI is InChI=1S/C28H30ClN5O4S/c1-39(37,38)33-22-9-4-5-10-23(22)34-26(18-11-13-19(29)14-12-18)25(20-7-2-3-8-21(20)28(34)36)27(35)32-17-24-30-15-6-16-31-24/h2-3,6-8,11-16,22-23,25-26,33H,4-5,9-10,17H2,1H3,(H,32,35)/t22-,23-,25+,26-/m0/s1. The molecule has 2 heterocycles. The predicted molar refractivity (Wildman–Crippen MR) is 147 cm³/mol. The lowest BCUT2D eigenvalue weighted by Gasteiger charge is -2.49. The van der Waals surface area contributed by atoms with Gasteiger partial charge >= 0.3 is 0 Å². The molecule has 0 radical (unpaired) electrons. The molecule has 1 aromatic heterocycles. The Morgan fingerprint density at radius 3 is 2.44 bits per heavy atom. The molecule has 2 N–H and O–H groups in total. The highest BCUT2D eigenvalue weighted by Gasteiger charge is 2.48. The van der Waals surface area contributed by atoms with Gasteiger partial charge in [0.15, 0.2) is 0 Å². The van der Waals surface area contributed by atoms with Crippen LogP contribution in [-0.2, 0) is 21.4 Å². The fourth-order valence-corrected chi connectivity index (χ4v) is 6.72. The van der Waals surface area contributed by atoms with E-state index in [1.165, 1.54) is 0 Å². The molecule has 5 rings (SSSR count). The zero-order valence-electron chi connectivity index (χ0n) is 21.5. The SMILES string of the molecule is CS(=O)(=O)N[C@H]1CCCC[C@@H]1N1C(=O)c2ccccc2[C@@H](C(=O)NCc2ncccn2)[C@@H]1c1ccc(Cl)cc1. The van der Waals surface area contributed by atoms with E-state index in [4.69, 9.17) is 11.6 Å². The zero-order chi connectivity index (χ0) is 27.6. The molecular formula is C28H30ClN5O4S. The third-order valence-electron chi connectivity index (χ3n) is 7.36. The van der Waals surface area contributed by atoms with E-state index in [1.54, 1.807) is 47.6 Å². The van der Waals surface area contributed by atoms with Crippen molar-refractivity contribution in [2.45, 2.75) is 56.3 Å². The minimum Gasteiger partial charge on any atom is -0.348 e. The number of amides is 2. The van der Waals surface area contributed by atoms with E-state index in [2.05, 4.69) is 20.0 Å². The molecule has 0 spiro atoms. The molecule has 0 unspecified atom stereocenters. The predicted octanol–water partition coefficient (Wildman–Crippen LogP) is 3.59. The Labute approximate surface area is 233 Å². The molecule has 4 atom stereocenters. The van der Waals surface area contributed by atoms with Crippen LogP contribution in [0.25, 0.3) is 0 Å². The van der Waals surface area contributed by atoms with Gasteiger partial charge in [0.25, 0.3) is 5.91 Å². The van der Waals surface area contributed by atoms with Gasteiger partial charge in [0, 0.05) is 35.1 Å². The number of nitrogens with one attached hydrogen (secondary N) is 2. The summed E-state index contributed by atoms with van der Waals surface area (Å²) in [5.41, 5.74) is 1.79. The largest absolute Gasteiger partial charge is 0.348 e. The Morgan fingerprint density at radius 2 is 1.72 bits per heavy atom. The van der Waals surface area contributed by atoms with Crippen LogP contribution in [0.5, 0.6) is 0 Å². The van der Waals surface area contributed by atoms with E-state index in [9.17, 15) is 18.0 Å². The van der Waals surface area contributed by atoms with Crippen LogP contribution in [0, 0.1) is 0 Å². The van der Waals surface area contributed by atoms with Crippen molar-refractivity contribution in [3.05, 3.63) is 94.5 Å². The Bertz CT molecular complexity index is 1450. The molecule has 39 heavy (non-hydrogen) atoms. The normalized spacial score (nSPS) is 23.2. The van der Waals surface area contributed by atoms with Crippen LogP contribution in [-0.4, -0.2) is 53.4 Å². The van der Waals surface area contributed by atoms with Crippen LogP contribution < -0.4 is 10.0 Å². The van der Waals surface area contributed by atoms with E-state index in [-0.39, 0.29) is 18.4 Å². The van der Waals surface area contributed by atoms with E-state index in [1.807, 2.05) is 24.3 Å². The van der Waals surface area contributed by atoms with Crippen molar-refractivity contribution in [2.24, 2.45) is 0 Å². The van der Waals surface area contributed by atoms with Gasteiger partial charge < -0.3 is 10.2 Å². The molecule has 2 aliphatic rings. The Kier molecular flexibility index (Phi) is 7.97. The first kappa shape index (κ1) is 27.2. The lowest BCUT2D eigenvalue weighted by atomic mass is 9.76. The summed E-state index contributed by atoms with van der Waals surface area (Å²) in [6, 6.07) is 14.3. The van der Waals surface area contributed by atoms with Crippen molar-refractivity contribution >= 4 is 33.4 Å². The molecule has 3 aromatic rings. The van der Waals surface area contributed by atoms with Gasteiger partial charge in [-0.15, -0.1) is 0 Å². The number of carbonyl (C=O) groups excluding carboxylic acids is 2. The second-order valence-corrected chi connectivity index (χ2v) is 12.2. The lowest BCUT2D eigenvalue weighted by molar-refractivity contribution is -0.124. The maximum Gasteiger partial charge on any atom is 0.255 e. The van der Waals surface area contributed by atoms with Crippen LogP contribution in [0.1, 0.15) is 65.0 Å². The van der Waals surface area contributed by atoms with Gasteiger partial charge in [0.05, 0.1) is 24.8 Å². The van der Waals surface area contributed by atoms with Gasteiger partial charge in [-0.25, -0.2) is 23.1 Å². The van der Waals surface area contributed by atoms with Crippen LogP contribution >= 0.6 is 11.6 Å². The zero-order valence-corrected chi connectivity index (χ0v) is 23.0. The number of rotatable bonds is 7. The molecule has 2 amide bonds. The minimum absolute atomic E-state index is 0.126. The van der Waals surface area contributed by atoms with Crippen molar-refractivity contribution < 1.29 is 18.0 Å². The van der Waals surface area contributed by atoms with E-state index in [0.29, 0.717) is 34.8 Å². The van der Waals surface area contributed by atoms with Crippen molar-refractivity contribution in [3.8, 4) is 0 Å². The molecule has 0 bridgehead atoms. The van der Waals surface area contributed by atoms with Crippen LogP contribution in [0.4, 0.5) is 0 Å². The number of benzene rings is 2. The summed E-state index contributed by atoms with van der Waals surface area (Å²) in [7, 11) is -3.53. The molecule has 1 saturated carbocycles. The molecule has 1 fully saturated rings. The van der Waals surface area contributed by atoms with Crippen LogP contribution in [0.2, 0.25) is 5.02 Å². The maximum absolute atomic E-state index is 14.2. The van der Waals surface area contributed by atoms with Crippen LogP contribution in [0.3, 0.4) is 0 Å². The summed E-state index contributed by atoms with van der Waals surface area (Å²) in [5, 5.41) is 3.50. The number of sulfonamides is 1. The number of hydrogen-bond donors (Lipinski definition) is 2. The van der Waals surface area contributed by atoms with E-state index in [0.717, 1.165) is 24.7 Å². The van der Waals surface area contributed by atoms with Gasteiger partial charge in [-0.1, -0.05) is 54.8 Å². The maximum atomic E-state index is 14.2. The first-order valence-corrected chi connectivity index (χ1v) is 15.2. The van der Waals surface area contributed by atoms with Crippen molar-refractivity contribution in [2.75, 3.05) is 6.26 Å².